The number of aliphatic carboxylic acids is 1. The third-order valence-corrected chi connectivity index (χ3v) is 4.20. The molecule has 0 aromatic heterocycles. The second-order valence-corrected chi connectivity index (χ2v) is 7.02. The minimum atomic E-state index is -1.65. The van der Waals surface area contributed by atoms with E-state index in [1.165, 1.54) is 13.8 Å². The fourth-order valence-electron chi connectivity index (χ4n) is 2.27. The van der Waals surface area contributed by atoms with Gasteiger partial charge in [0.25, 0.3) is 0 Å². The number of nitrogens with two attached hydrogens (primary N) is 1. The molecule has 2 aromatic carbocycles. The fourth-order valence-corrected chi connectivity index (χ4v) is 2.39. The second kappa shape index (κ2) is 8.33. The Hall–Kier alpha value is -2.70. The van der Waals surface area contributed by atoms with Crippen LogP contribution in [-0.2, 0) is 20.7 Å². The van der Waals surface area contributed by atoms with Crippen molar-refractivity contribution < 1.29 is 24.2 Å². The molecule has 0 aliphatic rings. The van der Waals surface area contributed by atoms with Crippen LogP contribution in [0.5, 0.6) is 0 Å². The molecular weight excluding hydrogens is 370 g/mol. The van der Waals surface area contributed by atoms with Crippen LogP contribution in [0.3, 0.4) is 0 Å². The van der Waals surface area contributed by atoms with Crippen LogP contribution >= 0.6 is 11.6 Å². The number of carboxylic acid groups (broad SMARTS) is 1. The summed E-state index contributed by atoms with van der Waals surface area (Å²) in [5.41, 5.74) is 5.89. The lowest BCUT2D eigenvalue weighted by Crippen LogP contribution is -2.43. The number of carbonyl (C=O) groups is 3. The first-order chi connectivity index (χ1) is 12.6. The maximum absolute atomic E-state index is 12.4. The molecule has 0 amide bonds. The molecule has 7 heteroatoms. The first-order valence-corrected chi connectivity index (χ1v) is 8.59. The summed E-state index contributed by atoms with van der Waals surface area (Å²) < 4.78 is 4.93. The largest absolute Gasteiger partial charge is 0.478 e. The van der Waals surface area contributed by atoms with Crippen LogP contribution in [0.25, 0.3) is 0 Å². The number of ether oxygens (including phenoxy) is 1. The highest BCUT2D eigenvalue weighted by atomic mass is 35.5. The van der Waals surface area contributed by atoms with Gasteiger partial charge in [-0.1, -0.05) is 35.9 Å². The van der Waals surface area contributed by atoms with Gasteiger partial charge in [0.2, 0.25) is 5.60 Å². The summed E-state index contributed by atoms with van der Waals surface area (Å²) in [6.07, 6.45) is 0.157. The standard InChI is InChI=1S/C20H20ClNO5/c1-20(2,19(25)26)27-18(24)16(22)11-12-3-5-13(6-4-12)17(23)14-7-9-15(21)10-8-14/h3-10,16H,11,22H2,1-2H3,(H,25,26)/t16-/m0/s1. The molecule has 142 valence electrons. The lowest BCUT2D eigenvalue weighted by atomic mass is 10.00. The Balaban J connectivity index is 2.02. The first kappa shape index (κ1) is 20.6. The van der Waals surface area contributed by atoms with Crippen molar-refractivity contribution in [3.8, 4) is 0 Å². The molecule has 0 saturated carbocycles. The minimum absolute atomic E-state index is 0.148. The summed E-state index contributed by atoms with van der Waals surface area (Å²) in [6, 6.07) is 12.2. The highest BCUT2D eigenvalue weighted by Gasteiger charge is 2.33. The van der Waals surface area contributed by atoms with Gasteiger partial charge < -0.3 is 15.6 Å². The molecule has 1 atom stereocenters. The van der Waals surface area contributed by atoms with Gasteiger partial charge >= 0.3 is 11.9 Å². The molecule has 0 saturated heterocycles. The number of esters is 1. The van der Waals surface area contributed by atoms with Crippen molar-refractivity contribution >= 4 is 29.3 Å². The van der Waals surface area contributed by atoms with Crippen LogP contribution in [-0.4, -0.2) is 34.5 Å². The number of hydrogen-bond acceptors (Lipinski definition) is 5. The van der Waals surface area contributed by atoms with E-state index in [0.717, 1.165) is 5.56 Å². The monoisotopic (exact) mass is 389 g/mol. The molecule has 3 N–H and O–H groups in total. The molecule has 27 heavy (non-hydrogen) atoms. The van der Waals surface area contributed by atoms with Crippen LogP contribution < -0.4 is 5.73 Å². The predicted octanol–water partition coefficient (Wildman–Crippen LogP) is 2.85. The number of ketones is 1. The van der Waals surface area contributed by atoms with E-state index in [1.807, 2.05) is 0 Å². The van der Waals surface area contributed by atoms with Gasteiger partial charge in [0, 0.05) is 16.1 Å². The fraction of sp³-hybridized carbons (Fsp3) is 0.250. The van der Waals surface area contributed by atoms with Crippen molar-refractivity contribution in [1.29, 1.82) is 0 Å². The summed E-state index contributed by atoms with van der Waals surface area (Å²) in [5.74, 6) is -2.21. The average molecular weight is 390 g/mol. The summed E-state index contributed by atoms with van der Waals surface area (Å²) in [6.45, 7) is 2.55. The van der Waals surface area contributed by atoms with E-state index in [-0.39, 0.29) is 12.2 Å². The van der Waals surface area contributed by atoms with Gasteiger partial charge in [-0.05, 0) is 50.1 Å². The van der Waals surface area contributed by atoms with Gasteiger partial charge in [0.05, 0.1) is 0 Å². The number of halogens is 1. The second-order valence-electron chi connectivity index (χ2n) is 6.58. The highest BCUT2D eigenvalue weighted by Crippen LogP contribution is 2.16. The Morgan fingerprint density at radius 3 is 2.00 bits per heavy atom. The van der Waals surface area contributed by atoms with Crippen LogP contribution in [0.15, 0.2) is 48.5 Å². The van der Waals surface area contributed by atoms with E-state index in [4.69, 9.17) is 27.2 Å². The zero-order valence-electron chi connectivity index (χ0n) is 14.9. The molecule has 0 spiro atoms. The van der Waals surface area contributed by atoms with E-state index in [2.05, 4.69) is 0 Å². The number of carboxylic acids is 1. The Morgan fingerprint density at radius 1 is 1.04 bits per heavy atom. The molecule has 0 radical (unpaired) electrons. The first-order valence-electron chi connectivity index (χ1n) is 8.21. The molecular formula is C20H20ClNO5. The lowest BCUT2D eigenvalue weighted by Gasteiger charge is -2.22. The third-order valence-electron chi connectivity index (χ3n) is 3.95. The molecule has 0 unspecified atom stereocenters. The lowest BCUT2D eigenvalue weighted by molar-refractivity contribution is -0.175. The van der Waals surface area contributed by atoms with E-state index in [9.17, 15) is 14.4 Å². The SMILES string of the molecule is CC(C)(OC(=O)[C@@H](N)Cc1ccc(C(=O)c2ccc(Cl)cc2)cc1)C(=O)O. The summed E-state index contributed by atoms with van der Waals surface area (Å²) in [4.78, 5) is 35.4. The van der Waals surface area contributed by atoms with Crippen molar-refractivity contribution in [3.05, 3.63) is 70.2 Å². The minimum Gasteiger partial charge on any atom is -0.478 e. The smallest absolute Gasteiger partial charge is 0.347 e. The molecule has 0 aliphatic heterocycles. The van der Waals surface area contributed by atoms with Crippen molar-refractivity contribution in [1.82, 2.24) is 0 Å². The summed E-state index contributed by atoms with van der Waals surface area (Å²) in [7, 11) is 0. The normalized spacial score (nSPS) is 12.3. The van der Waals surface area contributed by atoms with E-state index < -0.39 is 23.6 Å². The maximum Gasteiger partial charge on any atom is 0.347 e. The summed E-state index contributed by atoms with van der Waals surface area (Å²) in [5, 5.41) is 9.55. The van der Waals surface area contributed by atoms with Gasteiger partial charge in [0.1, 0.15) is 6.04 Å². The van der Waals surface area contributed by atoms with E-state index in [0.29, 0.717) is 16.1 Å². The molecule has 2 rings (SSSR count). The molecule has 6 nitrogen and oxygen atoms in total. The zero-order chi connectivity index (χ0) is 20.2. The van der Waals surface area contributed by atoms with Gasteiger partial charge in [-0.25, -0.2) is 4.79 Å². The Kier molecular flexibility index (Phi) is 6.36. The van der Waals surface area contributed by atoms with Crippen LogP contribution in [0.2, 0.25) is 5.02 Å². The number of benzene rings is 2. The predicted molar refractivity (Wildman–Crippen MR) is 101 cm³/mol. The average Bonchev–Trinajstić information content (AvgIpc) is 2.62. The maximum atomic E-state index is 12.4. The van der Waals surface area contributed by atoms with E-state index in [1.54, 1.807) is 48.5 Å². The molecule has 2 aromatic rings. The molecule has 0 heterocycles. The third kappa shape index (κ3) is 5.39. The Morgan fingerprint density at radius 2 is 1.52 bits per heavy atom. The molecule has 0 fully saturated rings. The molecule has 0 bridgehead atoms. The zero-order valence-corrected chi connectivity index (χ0v) is 15.7. The number of rotatable bonds is 7. The van der Waals surface area contributed by atoms with Crippen molar-refractivity contribution in [2.24, 2.45) is 5.73 Å². The van der Waals surface area contributed by atoms with Gasteiger partial charge in [-0.3, -0.25) is 9.59 Å². The van der Waals surface area contributed by atoms with E-state index >= 15 is 0 Å². The van der Waals surface area contributed by atoms with Crippen LogP contribution in [0, 0.1) is 0 Å². The van der Waals surface area contributed by atoms with Gasteiger partial charge in [0.15, 0.2) is 5.78 Å². The number of carbonyl (C=O) groups excluding carboxylic acids is 2. The van der Waals surface area contributed by atoms with Gasteiger partial charge in [-0.2, -0.15) is 0 Å². The van der Waals surface area contributed by atoms with Gasteiger partial charge in [-0.15, -0.1) is 0 Å². The van der Waals surface area contributed by atoms with Crippen molar-refractivity contribution in [2.75, 3.05) is 0 Å². The van der Waals surface area contributed by atoms with Crippen LogP contribution in [0.1, 0.15) is 35.3 Å². The van der Waals surface area contributed by atoms with Crippen molar-refractivity contribution in [3.63, 3.8) is 0 Å². The Bertz CT molecular complexity index is 844. The Labute approximate surface area is 161 Å². The highest BCUT2D eigenvalue weighted by molar-refractivity contribution is 6.30. The van der Waals surface area contributed by atoms with Crippen molar-refractivity contribution in [2.45, 2.75) is 31.9 Å². The van der Waals surface area contributed by atoms with Crippen LogP contribution in [0.4, 0.5) is 0 Å². The quantitative estimate of drug-likeness (QED) is 0.557. The molecule has 0 aliphatic carbocycles. The summed E-state index contributed by atoms with van der Waals surface area (Å²) >= 11 is 5.82. The topological polar surface area (TPSA) is 107 Å². The number of hydrogen-bond donors (Lipinski definition) is 2.